The van der Waals surface area contributed by atoms with Crippen LogP contribution in [-0.4, -0.2) is 5.78 Å². The molecular formula is C14H9BrF2O. The minimum absolute atomic E-state index is 0.0756. The lowest BCUT2D eigenvalue weighted by molar-refractivity contribution is 0.0991. The van der Waals surface area contributed by atoms with Gasteiger partial charge in [-0.3, -0.25) is 4.79 Å². The van der Waals surface area contributed by atoms with Crippen molar-refractivity contribution in [2.75, 3.05) is 0 Å². The van der Waals surface area contributed by atoms with Crippen molar-refractivity contribution < 1.29 is 13.6 Å². The fourth-order valence-corrected chi connectivity index (χ4v) is 1.83. The Hall–Kier alpha value is -1.55. The summed E-state index contributed by atoms with van der Waals surface area (Å²) in [5.74, 6) is -1.25. The third kappa shape index (κ3) is 2.82. The average molecular weight is 311 g/mol. The fraction of sp³-hybridized carbons (Fsp3) is 0.0714. The van der Waals surface area contributed by atoms with Crippen LogP contribution in [0.15, 0.2) is 46.9 Å². The molecular weight excluding hydrogens is 302 g/mol. The van der Waals surface area contributed by atoms with Crippen LogP contribution in [0.2, 0.25) is 0 Å². The van der Waals surface area contributed by atoms with Gasteiger partial charge in [0.1, 0.15) is 11.6 Å². The Labute approximate surface area is 112 Å². The Morgan fingerprint density at radius 2 is 1.78 bits per heavy atom. The Morgan fingerprint density at radius 1 is 1.06 bits per heavy atom. The van der Waals surface area contributed by atoms with Gasteiger partial charge < -0.3 is 0 Å². The minimum atomic E-state index is -0.505. The van der Waals surface area contributed by atoms with Crippen LogP contribution in [0.4, 0.5) is 8.78 Å². The zero-order valence-electron chi connectivity index (χ0n) is 9.29. The first-order valence-corrected chi connectivity index (χ1v) is 6.09. The molecule has 0 atom stereocenters. The van der Waals surface area contributed by atoms with Crippen LogP contribution >= 0.6 is 15.9 Å². The molecule has 0 N–H and O–H groups in total. The van der Waals surface area contributed by atoms with Crippen molar-refractivity contribution in [3.05, 3.63) is 69.7 Å². The molecule has 2 aromatic carbocycles. The summed E-state index contributed by atoms with van der Waals surface area (Å²) in [4.78, 5) is 11.9. The average Bonchev–Trinajstić information content (AvgIpc) is 2.35. The summed E-state index contributed by atoms with van der Waals surface area (Å²) in [6.45, 7) is 0. The minimum Gasteiger partial charge on any atom is -0.294 e. The molecule has 1 nitrogen and oxygen atoms in total. The number of hydrogen-bond donors (Lipinski definition) is 0. The Balaban J connectivity index is 2.22. The van der Waals surface area contributed by atoms with E-state index >= 15 is 0 Å². The second kappa shape index (κ2) is 5.40. The molecule has 2 rings (SSSR count). The SMILES string of the molecule is O=C(Cc1ccccc1F)c1ccc(Br)c(F)c1. The number of carbonyl (C=O) groups excluding carboxylic acids is 1. The molecule has 0 bridgehead atoms. The van der Waals surface area contributed by atoms with Crippen LogP contribution in [0.5, 0.6) is 0 Å². The lowest BCUT2D eigenvalue weighted by atomic mass is 10.0. The molecule has 18 heavy (non-hydrogen) atoms. The van der Waals surface area contributed by atoms with Gasteiger partial charge >= 0.3 is 0 Å². The standard InChI is InChI=1S/C14H9BrF2O/c15-11-6-5-10(7-13(11)17)14(18)8-9-3-1-2-4-12(9)16/h1-7H,8H2. The Morgan fingerprint density at radius 3 is 2.44 bits per heavy atom. The molecule has 0 aliphatic carbocycles. The van der Waals surface area contributed by atoms with Crippen LogP contribution < -0.4 is 0 Å². The molecule has 0 unspecified atom stereocenters. The maximum Gasteiger partial charge on any atom is 0.167 e. The number of rotatable bonds is 3. The number of hydrogen-bond acceptors (Lipinski definition) is 1. The van der Waals surface area contributed by atoms with E-state index in [0.29, 0.717) is 10.0 Å². The molecule has 4 heteroatoms. The molecule has 0 radical (unpaired) electrons. The molecule has 0 aromatic heterocycles. The van der Waals surface area contributed by atoms with Gasteiger partial charge in [-0.2, -0.15) is 0 Å². The van der Waals surface area contributed by atoms with Gasteiger partial charge in [0.05, 0.1) is 4.47 Å². The van der Waals surface area contributed by atoms with Crippen molar-refractivity contribution in [2.45, 2.75) is 6.42 Å². The van der Waals surface area contributed by atoms with Crippen molar-refractivity contribution in [3.8, 4) is 0 Å². The van der Waals surface area contributed by atoms with Gasteiger partial charge in [-0.25, -0.2) is 8.78 Å². The molecule has 92 valence electrons. The summed E-state index contributed by atoms with van der Waals surface area (Å²) < 4.78 is 27.0. The first-order valence-electron chi connectivity index (χ1n) is 5.29. The van der Waals surface area contributed by atoms with Gasteiger partial charge in [0.15, 0.2) is 5.78 Å². The van der Waals surface area contributed by atoms with Crippen molar-refractivity contribution in [1.29, 1.82) is 0 Å². The molecule has 0 saturated carbocycles. The largest absolute Gasteiger partial charge is 0.294 e. The highest BCUT2D eigenvalue weighted by Crippen LogP contribution is 2.18. The van der Waals surface area contributed by atoms with E-state index < -0.39 is 11.6 Å². The molecule has 0 saturated heterocycles. The number of halogens is 3. The summed E-state index contributed by atoms with van der Waals surface area (Å²) in [6.07, 6.45) is -0.0756. The van der Waals surface area contributed by atoms with E-state index in [4.69, 9.17) is 0 Å². The number of ketones is 1. The normalized spacial score (nSPS) is 10.4. The first kappa shape index (κ1) is 12.9. The zero-order valence-corrected chi connectivity index (χ0v) is 10.9. The zero-order chi connectivity index (χ0) is 13.1. The topological polar surface area (TPSA) is 17.1 Å². The second-order valence-electron chi connectivity index (χ2n) is 3.82. The molecule has 0 heterocycles. The molecule has 0 spiro atoms. The fourth-order valence-electron chi connectivity index (χ4n) is 1.59. The van der Waals surface area contributed by atoms with E-state index in [-0.39, 0.29) is 17.8 Å². The lowest BCUT2D eigenvalue weighted by Gasteiger charge is -2.03. The van der Waals surface area contributed by atoms with Crippen molar-refractivity contribution in [3.63, 3.8) is 0 Å². The number of benzene rings is 2. The van der Waals surface area contributed by atoms with Gasteiger partial charge in [-0.15, -0.1) is 0 Å². The summed E-state index contributed by atoms with van der Waals surface area (Å²) >= 11 is 3.01. The number of Topliss-reactive ketones (excluding diaryl/α,β-unsaturated/α-hetero) is 1. The molecule has 0 aliphatic heterocycles. The maximum atomic E-state index is 13.4. The van der Waals surface area contributed by atoms with Gasteiger partial charge in [0.2, 0.25) is 0 Å². The van der Waals surface area contributed by atoms with Crippen molar-refractivity contribution >= 4 is 21.7 Å². The monoisotopic (exact) mass is 310 g/mol. The van der Waals surface area contributed by atoms with E-state index in [9.17, 15) is 13.6 Å². The van der Waals surface area contributed by atoms with Gasteiger partial charge in [-0.1, -0.05) is 24.3 Å². The predicted molar refractivity (Wildman–Crippen MR) is 68.5 cm³/mol. The predicted octanol–water partition coefficient (Wildman–Crippen LogP) is 4.15. The highest BCUT2D eigenvalue weighted by molar-refractivity contribution is 9.10. The maximum absolute atomic E-state index is 13.4. The molecule has 0 amide bonds. The summed E-state index contributed by atoms with van der Waals surface area (Å²) in [6, 6.07) is 10.2. The lowest BCUT2D eigenvalue weighted by Crippen LogP contribution is -2.05. The van der Waals surface area contributed by atoms with Crippen LogP contribution in [0.1, 0.15) is 15.9 Å². The first-order chi connectivity index (χ1) is 8.58. The highest BCUT2D eigenvalue weighted by atomic mass is 79.9. The summed E-state index contributed by atoms with van der Waals surface area (Å²) in [5, 5.41) is 0. The third-order valence-corrected chi connectivity index (χ3v) is 3.19. The van der Waals surface area contributed by atoms with Crippen molar-refractivity contribution in [2.24, 2.45) is 0 Å². The van der Waals surface area contributed by atoms with Crippen LogP contribution in [0.3, 0.4) is 0 Å². The molecule has 2 aromatic rings. The Kier molecular flexibility index (Phi) is 3.87. The van der Waals surface area contributed by atoms with Gasteiger partial charge in [0.25, 0.3) is 0 Å². The van der Waals surface area contributed by atoms with Crippen LogP contribution in [0.25, 0.3) is 0 Å². The third-order valence-electron chi connectivity index (χ3n) is 2.55. The van der Waals surface area contributed by atoms with E-state index in [0.717, 1.165) is 6.07 Å². The second-order valence-corrected chi connectivity index (χ2v) is 4.67. The quantitative estimate of drug-likeness (QED) is 0.778. The molecule has 0 aliphatic rings. The van der Waals surface area contributed by atoms with E-state index in [2.05, 4.69) is 15.9 Å². The van der Waals surface area contributed by atoms with Crippen molar-refractivity contribution in [1.82, 2.24) is 0 Å². The van der Waals surface area contributed by atoms with Crippen LogP contribution in [-0.2, 0) is 6.42 Å². The van der Waals surface area contributed by atoms with E-state index in [1.165, 1.54) is 18.2 Å². The smallest absolute Gasteiger partial charge is 0.167 e. The van der Waals surface area contributed by atoms with E-state index in [1.54, 1.807) is 18.2 Å². The van der Waals surface area contributed by atoms with E-state index in [1.807, 2.05) is 0 Å². The molecule has 0 fully saturated rings. The van der Waals surface area contributed by atoms with Gasteiger partial charge in [0, 0.05) is 12.0 Å². The highest BCUT2D eigenvalue weighted by Gasteiger charge is 2.11. The summed E-state index contributed by atoms with van der Waals surface area (Å²) in [5.41, 5.74) is 0.546. The number of carbonyl (C=O) groups is 1. The Bertz CT molecular complexity index is 596. The van der Waals surface area contributed by atoms with Gasteiger partial charge in [-0.05, 0) is 39.7 Å². The summed E-state index contributed by atoms with van der Waals surface area (Å²) in [7, 11) is 0. The van der Waals surface area contributed by atoms with Crippen LogP contribution in [0, 0.1) is 11.6 Å².